The van der Waals surface area contributed by atoms with Crippen LogP contribution in [-0.4, -0.2) is 13.9 Å². The average Bonchev–Trinajstić information content (AvgIpc) is 3.94. The van der Waals surface area contributed by atoms with Crippen LogP contribution in [0.4, 0.5) is 11.4 Å². The van der Waals surface area contributed by atoms with Gasteiger partial charge in [-0.05, 0) is 66.6 Å². The first-order valence-corrected chi connectivity index (χ1v) is 23.3. The molecule has 0 fully saturated rings. The number of hydrazone groups is 1. The zero-order valence-electron chi connectivity index (χ0n) is 35.5. The number of hydrogen-bond acceptors (Lipinski definition) is 3. The van der Waals surface area contributed by atoms with Crippen LogP contribution in [0.1, 0.15) is 56.2 Å². The van der Waals surface area contributed by atoms with Crippen molar-refractivity contribution in [3.8, 4) is 0 Å². The van der Waals surface area contributed by atoms with Gasteiger partial charge in [-0.3, -0.25) is 0 Å². The van der Waals surface area contributed by atoms with E-state index in [1.54, 1.807) is 0 Å². The molecule has 1 radical (unpaired) electrons. The maximum atomic E-state index is 5.36. The van der Waals surface area contributed by atoms with E-state index in [1.165, 1.54) is 48.3 Å². The molecule has 0 bridgehead atoms. The van der Waals surface area contributed by atoms with E-state index in [9.17, 15) is 0 Å². The van der Waals surface area contributed by atoms with Crippen LogP contribution in [0.15, 0.2) is 217 Å². The van der Waals surface area contributed by atoms with Gasteiger partial charge in [0.1, 0.15) is 5.84 Å². The standard InChI is InChI=1S/C44H42N3Si.C12H8N.Au/c1-33(2)41-29-18-30-42(34(3)4)43(41)46-32-47(45-44(46)35-19-9-5-10-20-35)36-21-17-28-40(31-36)48(37-22-11-6-12-23-37,38-24-13-7-14-25-38)39-26-15-8-16-27-39;1-3-7-11-9(5-1)10-6-2-4-8-12(10)13-11;/h5-34H,1-4H3;1-8H;/q2*-1;. The molecule has 4 nitrogen and oxygen atoms in total. The van der Waals surface area contributed by atoms with Crippen LogP contribution in [-0.2, 0) is 22.4 Å². The Morgan fingerprint density at radius 1 is 0.468 bits per heavy atom. The maximum Gasteiger partial charge on any atom is 0.179 e. The third-order valence-corrected chi connectivity index (χ3v) is 16.5. The van der Waals surface area contributed by atoms with Crippen LogP contribution in [0.5, 0.6) is 0 Å². The van der Waals surface area contributed by atoms with Crippen LogP contribution in [0.3, 0.4) is 0 Å². The van der Waals surface area contributed by atoms with E-state index < -0.39 is 8.07 Å². The number of para-hydroxylation sites is 3. The number of fused-ring (bicyclic) bond motifs is 3. The third-order valence-electron chi connectivity index (χ3n) is 11.8. The van der Waals surface area contributed by atoms with E-state index in [0.29, 0.717) is 11.8 Å². The van der Waals surface area contributed by atoms with Crippen molar-refractivity contribution in [3.63, 3.8) is 0 Å². The molecule has 1 aliphatic rings. The second kappa shape index (κ2) is 18.8. The first kappa shape index (κ1) is 42.5. The molecule has 311 valence electrons. The fourth-order valence-corrected chi connectivity index (χ4v) is 13.7. The van der Waals surface area contributed by atoms with Gasteiger partial charge in [-0.15, -0.1) is 17.7 Å². The minimum absolute atomic E-state index is 0. The number of anilines is 2. The van der Waals surface area contributed by atoms with E-state index in [-0.39, 0.29) is 22.4 Å². The van der Waals surface area contributed by atoms with Crippen molar-refractivity contribution >= 4 is 67.8 Å². The molecule has 0 saturated carbocycles. The second-order valence-corrected chi connectivity index (χ2v) is 20.1. The van der Waals surface area contributed by atoms with Gasteiger partial charge in [-0.1, -0.05) is 228 Å². The molecule has 8 aromatic carbocycles. The van der Waals surface area contributed by atoms with Gasteiger partial charge in [0.05, 0.1) is 0 Å². The first-order valence-electron chi connectivity index (χ1n) is 21.3. The number of hydrogen-bond donors (Lipinski definition) is 0. The largest absolute Gasteiger partial charge is 0.657 e. The van der Waals surface area contributed by atoms with Gasteiger partial charge in [-0.2, -0.15) is 5.10 Å². The Morgan fingerprint density at radius 2 is 0.887 bits per heavy atom. The van der Waals surface area contributed by atoms with Gasteiger partial charge in [0.15, 0.2) is 8.07 Å². The molecule has 0 unspecified atom stereocenters. The van der Waals surface area contributed by atoms with Crippen molar-refractivity contribution in [1.82, 2.24) is 4.98 Å². The van der Waals surface area contributed by atoms with Gasteiger partial charge in [0.2, 0.25) is 0 Å². The Morgan fingerprint density at radius 3 is 1.37 bits per heavy atom. The summed E-state index contributed by atoms with van der Waals surface area (Å²) in [6.07, 6.45) is 0. The molecule has 1 aliphatic heterocycles. The summed E-state index contributed by atoms with van der Waals surface area (Å²) in [6.45, 7) is 11.3. The quantitative estimate of drug-likeness (QED) is 0.0821. The molecule has 0 amide bonds. The van der Waals surface area contributed by atoms with Gasteiger partial charge >= 0.3 is 0 Å². The summed E-state index contributed by atoms with van der Waals surface area (Å²) >= 11 is 0. The molecule has 0 atom stereocenters. The van der Waals surface area contributed by atoms with E-state index in [4.69, 9.17) is 5.10 Å². The fraction of sp³-hybridized carbons (Fsp3) is 0.107. The maximum absolute atomic E-state index is 5.36. The number of rotatable bonds is 9. The van der Waals surface area contributed by atoms with Crippen molar-refractivity contribution in [2.75, 3.05) is 9.91 Å². The molecule has 0 saturated heterocycles. The minimum Gasteiger partial charge on any atom is -0.657 e. The van der Waals surface area contributed by atoms with Gasteiger partial charge < -0.3 is 14.9 Å². The van der Waals surface area contributed by atoms with Crippen LogP contribution in [0.2, 0.25) is 0 Å². The second-order valence-electron chi connectivity index (χ2n) is 16.3. The third kappa shape index (κ3) is 8.13. The molecule has 6 heteroatoms. The summed E-state index contributed by atoms with van der Waals surface area (Å²) < 4.78 is 0. The van der Waals surface area contributed by atoms with E-state index in [0.717, 1.165) is 28.1 Å². The number of amidine groups is 1. The van der Waals surface area contributed by atoms with Crippen molar-refractivity contribution in [3.05, 3.63) is 236 Å². The van der Waals surface area contributed by atoms with Crippen LogP contribution in [0, 0.1) is 6.67 Å². The predicted molar refractivity (Wildman–Crippen MR) is 262 cm³/mol. The van der Waals surface area contributed by atoms with Crippen molar-refractivity contribution in [2.24, 2.45) is 5.10 Å². The molecule has 9 aromatic rings. The van der Waals surface area contributed by atoms with Gasteiger partial charge in [-0.25, -0.2) is 0 Å². The predicted octanol–water partition coefficient (Wildman–Crippen LogP) is 11.1. The summed E-state index contributed by atoms with van der Waals surface area (Å²) in [6, 6.07) is 76.1. The molecule has 2 heterocycles. The molecule has 1 aromatic heterocycles. The molecule has 0 N–H and O–H groups in total. The molecule has 0 aliphatic carbocycles. The van der Waals surface area contributed by atoms with Crippen LogP contribution < -0.4 is 35.6 Å². The SMILES string of the molecule is CC(C)c1cccc(C(C)C)c1N1[CH-]N(c2cccc([Si](c3ccccc3)(c3ccccc3)c3ccccc3)c2)N=C1c1ccccc1.[Au].c1ccc2c(c1)[n-]c1ccccc12. The monoisotopic (exact) mass is 1000 g/mol. The van der Waals surface area contributed by atoms with Gasteiger partial charge in [0, 0.05) is 39.3 Å². The zero-order chi connectivity index (χ0) is 41.8. The number of nitrogens with zero attached hydrogens (tertiary/aromatic N) is 4. The Balaban J connectivity index is 0.000000319. The Labute approximate surface area is 383 Å². The summed E-state index contributed by atoms with van der Waals surface area (Å²) in [5, 5.41) is 15.3. The van der Waals surface area contributed by atoms with Crippen molar-refractivity contribution in [1.29, 1.82) is 0 Å². The molecule has 0 spiro atoms. The fourth-order valence-electron chi connectivity index (χ4n) is 8.88. The summed E-state index contributed by atoms with van der Waals surface area (Å²) in [5.74, 6) is 1.64. The molecular formula is C56H50AuN4Si-2. The van der Waals surface area contributed by atoms with Crippen molar-refractivity contribution < 1.29 is 22.4 Å². The normalized spacial score (nSPS) is 12.6. The van der Waals surface area contributed by atoms with Crippen molar-refractivity contribution in [2.45, 2.75) is 39.5 Å². The average molecular weight is 1000 g/mol. The Kier molecular flexibility index (Phi) is 12.9. The topological polar surface area (TPSA) is 32.9 Å². The van der Waals surface area contributed by atoms with E-state index in [2.05, 4.69) is 249 Å². The Hall–Kier alpha value is -6.21. The first-order chi connectivity index (χ1) is 29.9. The molecule has 10 rings (SSSR count). The zero-order valence-corrected chi connectivity index (χ0v) is 38.7. The number of benzene rings is 8. The summed E-state index contributed by atoms with van der Waals surface area (Å²) in [5.41, 5.74) is 8.16. The van der Waals surface area contributed by atoms with Crippen LogP contribution in [0.25, 0.3) is 21.8 Å². The Bertz CT molecular complexity index is 2740. The van der Waals surface area contributed by atoms with Gasteiger partial charge in [0.25, 0.3) is 0 Å². The van der Waals surface area contributed by atoms with E-state index >= 15 is 0 Å². The smallest absolute Gasteiger partial charge is 0.179 e. The minimum atomic E-state index is -2.69. The summed E-state index contributed by atoms with van der Waals surface area (Å²) in [4.78, 5) is 6.84. The van der Waals surface area contributed by atoms with E-state index in [1.807, 2.05) is 12.1 Å². The number of aromatic nitrogens is 1. The van der Waals surface area contributed by atoms with Crippen LogP contribution >= 0.6 is 0 Å². The molecular weight excluding hydrogens is 954 g/mol. The summed E-state index contributed by atoms with van der Waals surface area (Å²) in [7, 11) is -2.69. The molecule has 62 heavy (non-hydrogen) atoms.